The normalized spacial score (nSPS) is 23.6. The predicted octanol–water partition coefficient (Wildman–Crippen LogP) is 2.67. The lowest BCUT2D eigenvalue weighted by Crippen LogP contribution is -2.09. The summed E-state index contributed by atoms with van der Waals surface area (Å²) in [5.74, 6) is -0.135. The number of aromatic amines is 1. The summed E-state index contributed by atoms with van der Waals surface area (Å²) in [6.07, 6.45) is 0.765. The summed E-state index contributed by atoms with van der Waals surface area (Å²) in [6.45, 7) is 3.96. The minimum absolute atomic E-state index is 0.0154. The molecular formula is C13H14N2O2S. The van der Waals surface area contributed by atoms with Crippen LogP contribution in [0.2, 0.25) is 0 Å². The first-order valence-electron chi connectivity index (χ1n) is 5.95. The van der Waals surface area contributed by atoms with Crippen LogP contribution in [0.5, 0.6) is 0 Å². The zero-order valence-electron chi connectivity index (χ0n) is 10.3. The van der Waals surface area contributed by atoms with Crippen molar-refractivity contribution in [2.75, 3.05) is 0 Å². The largest absolute Gasteiger partial charge is 0.462 e. The van der Waals surface area contributed by atoms with E-state index >= 15 is 0 Å². The molecule has 1 N–H and O–H groups in total. The molecule has 94 valence electrons. The summed E-state index contributed by atoms with van der Waals surface area (Å²) < 4.78 is 5.14. The molecule has 0 bridgehead atoms. The Bertz CT molecular complexity index is 608. The van der Waals surface area contributed by atoms with Crippen LogP contribution in [-0.4, -0.2) is 27.3 Å². The summed E-state index contributed by atoms with van der Waals surface area (Å²) in [4.78, 5) is 19.3. The molecule has 0 radical (unpaired) electrons. The van der Waals surface area contributed by atoms with Crippen LogP contribution in [0.4, 0.5) is 0 Å². The number of hydrogen-bond donors (Lipinski definition) is 1. The van der Waals surface area contributed by atoms with Crippen molar-refractivity contribution in [2.24, 2.45) is 0 Å². The summed E-state index contributed by atoms with van der Waals surface area (Å²) in [5, 5.41) is 0.647. The SMILES string of the molecule is Cc1ccc2nc(S[C@@H]3C[C@@H](C)OC3=O)[nH]c2c1. The van der Waals surface area contributed by atoms with E-state index in [9.17, 15) is 4.79 Å². The van der Waals surface area contributed by atoms with E-state index in [1.54, 1.807) is 0 Å². The molecule has 2 heterocycles. The van der Waals surface area contributed by atoms with E-state index in [4.69, 9.17) is 4.74 Å². The van der Waals surface area contributed by atoms with Gasteiger partial charge in [0.2, 0.25) is 0 Å². The Morgan fingerprint density at radius 1 is 1.50 bits per heavy atom. The standard InChI is InChI=1S/C13H14N2O2S/c1-7-3-4-9-10(5-7)15-13(14-9)18-11-6-8(2)17-12(11)16/h3-5,8,11H,6H2,1-2H3,(H,14,15)/t8-,11-/m1/s1. The number of esters is 1. The smallest absolute Gasteiger partial charge is 0.319 e. The van der Waals surface area contributed by atoms with Gasteiger partial charge in [-0.2, -0.15) is 0 Å². The Morgan fingerprint density at radius 2 is 2.33 bits per heavy atom. The molecule has 1 aromatic carbocycles. The third-order valence-corrected chi connectivity index (χ3v) is 4.08. The van der Waals surface area contributed by atoms with E-state index in [0.717, 1.165) is 22.6 Å². The van der Waals surface area contributed by atoms with Crippen LogP contribution in [0, 0.1) is 6.92 Å². The van der Waals surface area contributed by atoms with Gasteiger partial charge in [-0.3, -0.25) is 4.79 Å². The second kappa shape index (κ2) is 4.31. The number of thioether (sulfide) groups is 1. The fourth-order valence-corrected chi connectivity index (χ4v) is 3.22. The number of H-pyrrole nitrogens is 1. The van der Waals surface area contributed by atoms with E-state index in [2.05, 4.69) is 16.0 Å². The molecule has 1 aromatic heterocycles. The van der Waals surface area contributed by atoms with Crippen molar-refractivity contribution in [2.45, 2.75) is 36.8 Å². The molecule has 0 amide bonds. The number of carbonyl (C=O) groups is 1. The predicted molar refractivity (Wildman–Crippen MR) is 70.6 cm³/mol. The van der Waals surface area contributed by atoms with Gasteiger partial charge in [-0.05, 0) is 31.5 Å². The maximum absolute atomic E-state index is 11.6. The summed E-state index contributed by atoms with van der Waals surface area (Å²) in [5.41, 5.74) is 3.14. The molecule has 0 unspecified atom stereocenters. The highest BCUT2D eigenvalue weighted by Crippen LogP contribution is 2.31. The average molecular weight is 262 g/mol. The minimum Gasteiger partial charge on any atom is -0.462 e. The quantitative estimate of drug-likeness (QED) is 0.845. The highest BCUT2D eigenvalue weighted by molar-refractivity contribution is 8.00. The van der Waals surface area contributed by atoms with Crippen LogP contribution in [-0.2, 0) is 9.53 Å². The highest BCUT2D eigenvalue weighted by atomic mass is 32.2. The van der Waals surface area contributed by atoms with Crippen molar-refractivity contribution in [3.63, 3.8) is 0 Å². The Morgan fingerprint density at radius 3 is 3.06 bits per heavy atom. The fraction of sp³-hybridized carbons (Fsp3) is 0.385. The fourth-order valence-electron chi connectivity index (χ4n) is 2.11. The van der Waals surface area contributed by atoms with Crippen molar-refractivity contribution in [3.8, 4) is 0 Å². The van der Waals surface area contributed by atoms with Gasteiger partial charge in [0.15, 0.2) is 5.16 Å². The number of aromatic nitrogens is 2. The Hall–Kier alpha value is -1.49. The lowest BCUT2D eigenvalue weighted by atomic mass is 10.2. The lowest BCUT2D eigenvalue weighted by molar-refractivity contribution is -0.140. The molecule has 2 atom stereocenters. The molecule has 2 aromatic rings. The van der Waals surface area contributed by atoms with E-state index < -0.39 is 0 Å². The number of rotatable bonds is 2. The molecule has 1 aliphatic heterocycles. The van der Waals surface area contributed by atoms with Gasteiger partial charge in [-0.1, -0.05) is 17.8 Å². The zero-order chi connectivity index (χ0) is 12.7. The van der Waals surface area contributed by atoms with Gasteiger partial charge in [0, 0.05) is 6.42 Å². The number of carbonyl (C=O) groups excluding carboxylic acids is 1. The maximum Gasteiger partial charge on any atom is 0.319 e. The first-order chi connectivity index (χ1) is 8.61. The number of benzene rings is 1. The number of ether oxygens (including phenoxy) is 1. The number of nitrogens with one attached hydrogen (secondary N) is 1. The molecule has 4 nitrogen and oxygen atoms in total. The van der Waals surface area contributed by atoms with E-state index in [1.165, 1.54) is 17.3 Å². The van der Waals surface area contributed by atoms with Gasteiger partial charge in [-0.25, -0.2) is 4.98 Å². The van der Waals surface area contributed by atoms with E-state index in [-0.39, 0.29) is 17.3 Å². The molecule has 0 aliphatic carbocycles. The molecule has 5 heteroatoms. The first kappa shape index (κ1) is 11.6. The van der Waals surface area contributed by atoms with Crippen molar-refractivity contribution < 1.29 is 9.53 Å². The molecule has 0 saturated carbocycles. The van der Waals surface area contributed by atoms with Gasteiger partial charge in [0.05, 0.1) is 11.0 Å². The first-order valence-corrected chi connectivity index (χ1v) is 6.83. The molecule has 1 saturated heterocycles. The number of hydrogen-bond acceptors (Lipinski definition) is 4. The van der Waals surface area contributed by atoms with Gasteiger partial charge in [0.1, 0.15) is 11.4 Å². The zero-order valence-corrected chi connectivity index (χ0v) is 11.1. The van der Waals surface area contributed by atoms with Gasteiger partial charge >= 0.3 is 5.97 Å². The molecule has 0 spiro atoms. The van der Waals surface area contributed by atoms with Crippen molar-refractivity contribution in [1.82, 2.24) is 9.97 Å². The van der Waals surface area contributed by atoms with Crippen LogP contribution in [0.3, 0.4) is 0 Å². The topological polar surface area (TPSA) is 55.0 Å². The molecular weight excluding hydrogens is 248 g/mol. The number of fused-ring (bicyclic) bond motifs is 1. The minimum atomic E-state index is -0.137. The summed E-state index contributed by atoms with van der Waals surface area (Å²) >= 11 is 1.45. The third kappa shape index (κ3) is 2.10. The molecule has 1 aliphatic rings. The van der Waals surface area contributed by atoms with Crippen LogP contribution in [0.15, 0.2) is 23.4 Å². The number of cyclic esters (lactones) is 1. The van der Waals surface area contributed by atoms with Crippen LogP contribution in [0.25, 0.3) is 11.0 Å². The van der Waals surface area contributed by atoms with E-state index in [0.29, 0.717) is 0 Å². The lowest BCUT2D eigenvalue weighted by Gasteiger charge is -2.00. The van der Waals surface area contributed by atoms with Gasteiger partial charge < -0.3 is 9.72 Å². The number of aryl methyl sites for hydroxylation is 1. The van der Waals surface area contributed by atoms with Crippen molar-refractivity contribution >= 4 is 28.8 Å². The third-order valence-electron chi connectivity index (χ3n) is 3.00. The van der Waals surface area contributed by atoms with Gasteiger partial charge in [-0.15, -0.1) is 0 Å². The van der Waals surface area contributed by atoms with Gasteiger partial charge in [0.25, 0.3) is 0 Å². The highest BCUT2D eigenvalue weighted by Gasteiger charge is 2.33. The Balaban J connectivity index is 1.85. The summed E-state index contributed by atoms with van der Waals surface area (Å²) in [7, 11) is 0. The number of nitrogens with zero attached hydrogens (tertiary/aromatic N) is 1. The number of imidazole rings is 1. The Kier molecular flexibility index (Phi) is 2.78. The second-order valence-electron chi connectivity index (χ2n) is 4.65. The Labute approximate surface area is 109 Å². The van der Waals surface area contributed by atoms with Crippen molar-refractivity contribution in [3.05, 3.63) is 23.8 Å². The average Bonchev–Trinajstić information content (AvgIpc) is 2.82. The molecule has 18 heavy (non-hydrogen) atoms. The van der Waals surface area contributed by atoms with Crippen LogP contribution in [0.1, 0.15) is 18.9 Å². The summed E-state index contributed by atoms with van der Waals surface area (Å²) in [6, 6.07) is 6.08. The second-order valence-corrected chi connectivity index (χ2v) is 5.84. The van der Waals surface area contributed by atoms with Crippen LogP contribution < -0.4 is 0 Å². The van der Waals surface area contributed by atoms with E-state index in [1.807, 2.05) is 26.0 Å². The molecule has 1 fully saturated rings. The molecule has 3 rings (SSSR count). The monoisotopic (exact) mass is 262 g/mol. The maximum atomic E-state index is 11.6. The van der Waals surface area contributed by atoms with Crippen LogP contribution >= 0.6 is 11.8 Å². The van der Waals surface area contributed by atoms with Crippen molar-refractivity contribution in [1.29, 1.82) is 0 Å².